The lowest BCUT2D eigenvalue weighted by molar-refractivity contribution is -0.384. The van der Waals surface area contributed by atoms with Crippen molar-refractivity contribution in [2.24, 2.45) is 0 Å². The molecule has 192 valence electrons. The molecule has 0 bridgehead atoms. The SMILES string of the molecule is COc1cc(NC(=O)CCc2ccc(NC(=O)Nc3cccc([N+](=O)[O-])c3)cc2)c(C(C)=O)cc1OC. The highest BCUT2D eigenvalue weighted by Gasteiger charge is 2.16. The lowest BCUT2D eigenvalue weighted by Crippen LogP contribution is -2.19. The fourth-order valence-electron chi connectivity index (χ4n) is 3.49. The van der Waals surface area contributed by atoms with E-state index in [4.69, 9.17) is 9.47 Å². The van der Waals surface area contributed by atoms with Crippen molar-refractivity contribution in [1.82, 2.24) is 0 Å². The number of nitro benzene ring substituents is 1. The van der Waals surface area contributed by atoms with Gasteiger partial charge in [0.15, 0.2) is 17.3 Å². The van der Waals surface area contributed by atoms with Crippen LogP contribution in [0.4, 0.5) is 27.5 Å². The van der Waals surface area contributed by atoms with Gasteiger partial charge in [0.2, 0.25) is 5.91 Å². The molecule has 3 N–H and O–H groups in total. The molecule has 0 heterocycles. The van der Waals surface area contributed by atoms with Gasteiger partial charge in [0.05, 0.1) is 24.8 Å². The zero-order chi connectivity index (χ0) is 26.9. The second-order valence-electron chi connectivity index (χ2n) is 7.94. The third-order valence-corrected chi connectivity index (χ3v) is 5.34. The topological polar surface area (TPSA) is 149 Å². The molecule has 0 aliphatic rings. The number of amides is 3. The molecule has 0 unspecified atom stereocenters. The molecule has 37 heavy (non-hydrogen) atoms. The minimum absolute atomic E-state index is 0.130. The molecule has 0 atom stereocenters. The van der Waals surface area contributed by atoms with Gasteiger partial charge in [0.25, 0.3) is 5.69 Å². The Bertz CT molecular complexity index is 1320. The number of urea groups is 1. The van der Waals surface area contributed by atoms with Crippen LogP contribution in [0.25, 0.3) is 0 Å². The summed E-state index contributed by atoms with van der Waals surface area (Å²) < 4.78 is 10.5. The summed E-state index contributed by atoms with van der Waals surface area (Å²) in [4.78, 5) is 47.1. The summed E-state index contributed by atoms with van der Waals surface area (Å²) in [5.74, 6) is 0.265. The van der Waals surface area contributed by atoms with Gasteiger partial charge in [0.1, 0.15) is 0 Å². The highest BCUT2D eigenvalue weighted by Crippen LogP contribution is 2.33. The molecule has 0 aromatic heterocycles. The fraction of sp³-hybridized carbons (Fsp3) is 0.192. The molecule has 0 radical (unpaired) electrons. The molecule has 3 aromatic rings. The maximum atomic E-state index is 12.6. The van der Waals surface area contributed by atoms with Crippen molar-refractivity contribution in [3.05, 3.63) is 81.9 Å². The summed E-state index contributed by atoms with van der Waals surface area (Å²) in [6.07, 6.45) is 0.584. The summed E-state index contributed by atoms with van der Waals surface area (Å²) in [5, 5.41) is 18.8. The first kappa shape index (κ1) is 26.7. The number of ketones is 1. The van der Waals surface area contributed by atoms with Crippen LogP contribution in [-0.2, 0) is 11.2 Å². The molecule has 0 aliphatic carbocycles. The number of rotatable bonds is 10. The Morgan fingerprint density at radius 1 is 0.865 bits per heavy atom. The molecular weight excluding hydrogens is 480 g/mol. The molecule has 0 saturated heterocycles. The number of nitro groups is 1. The Morgan fingerprint density at radius 3 is 2.14 bits per heavy atom. The predicted molar refractivity (Wildman–Crippen MR) is 139 cm³/mol. The first-order valence-electron chi connectivity index (χ1n) is 11.2. The highest BCUT2D eigenvalue weighted by molar-refractivity contribution is 6.04. The van der Waals surface area contributed by atoms with Crippen molar-refractivity contribution in [3.8, 4) is 11.5 Å². The van der Waals surface area contributed by atoms with Crippen LogP contribution in [0.2, 0.25) is 0 Å². The molecule has 3 amide bonds. The summed E-state index contributed by atoms with van der Waals surface area (Å²) in [6.45, 7) is 1.40. The number of anilines is 3. The monoisotopic (exact) mass is 506 g/mol. The lowest BCUT2D eigenvalue weighted by atomic mass is 10.1. The molecule has 3 rings (SSSR count). The number of non-ortho nitro benzene ring substituents is 1. The standard InChI is InChI=1S/C26H26N4O7/c1-16(31)21-14-23(36-2)24(37-3)15-22(21)29-25(32)12-9-17-7-10-18(11-8-17)27-26(33)28-19-5-4-6-20(13-19)30(34)35/h4-8,10-11,13-15H,9,12H2,1-3H3,(H,29,32)(H2,27,28,33). The van der Waals surface area contributed by atoms with Gasteiger partial charge in [-0.05, 0) is 43.2 Å². The maximum absolute atomic E-state index is 12.6. The molecule has 0 fully saturated rings. The van der Waals surface area contributed by atoms with Gasteiger partial charge < -0.3 is 25.4 Å². The summed E-state index contributed by atoms with van der Waals surface area (Å²) in [7, 11) is 2.93. The number of benzene rings is 3. The van der Waals surface area contributed by atoms with E-state index in [0.717, 1.165) is 5.56 Å². The largest absolute Gasteiger partial charge is 0.493 e. The number of ether oxygens (including phenoxy) is 2. The number of hydrogen-bond donors (Lipinski definition) is 3. The fourth-order valence-corrected chi connectivity index (χ4v) is 3.49. The van der Waals surface area contributed by atoms with Crippen molar-refractivity contribution in [2.45, 2.75) is 19.8 Å². The molecule has 0 spiro atoms. The minimum atomic E-state index is -0.552. The zero-order valence-electron chi connectivity index (χ0n) is 20.5. The molecular formula is C26H26N4O7. The summed E-state index contributed by atoms with van der Waals surface area (Å²) in [6, 6.07) is 15.0. The Labute approximate surface area is 212 Å². The first-order valence-corrected chi connectivity index (χ1v) is 11.2. The highest BCUT2D eigenvalue weighted by atomic mass is 16.6. The zero-order valence-corrected chi connectivity index (χ0v) is 20.5. The van der Waals surface area contributed by atoms with E-state index in [9.17, 15) is 24.5 Å². The summed E-state index contributed by atoms with van der Waals surface area (Å²) in [5.41, 5.74) is 2.17. The van der Waals surface area contributed by atoms with Gasteiger partial charge in [-0.25, -0.2) is 4.79 Å². The normalized spacial score (nSPS) is 10.2. The lowest BCUT2D eigenvalue weighted by Gasteiger charge is -2.14. The van der Waals surface area contributed by atoms with Gasteiger partial charge >= 0.3 is 6.03 Å². The van der Waals surface area contributed by atoms with E-state index in [1.54, 1.807) is 36.4 Å². The molecule has 0 aliphatic heterocycles. The van der Waals surface area contributed by atoms with E-state index in [0.29, 0.717) is 34.9 Å². The van der Waals surface area contributed by atoms with Crippen molar-refractivity contribution < 1.29 is 28.8 Å². The number of aryl methyl sites for hydroxylation is 1. The smallest absolute Gasteiger partial charge is 0.323 e. The quantitative estimate of drug-likeness (QED) is 0.198. The van der Waals surface area contributed by atoms with Crippen LogP contribution in [0.3, 0.4) is 0 Å². The van der Waals surface area contributed by atoms with E-state index in [1.807, 2.05) is 0 Å². The molecule has 0 saturated carbocycles. The predicted octanol–water partition coefficient (Wildman–Crippen LogP) is 5.03. The van der Waals surface area contributed by atoms with Crippen molar-refractivity contribution in [2.75, 3.05) is 30.2 Å². The third-order valence-electron chi connectivity index (χ3n) is 5.34. The minimum Gasteiger partial charge on any atom is -0.493 e. The van der Waals surface area contributed by atoms with Crippen molar-refractivity contribution in [1.29, 1.82) is 0 Å². The Kier molecular flexibility index (Phi) is 8.76. The molecule has 3 aromatic carbocycles. The number of hydrogen-bond acceptors (Lipinski definition) is 7. The Hall–Kier alpha value is -4.93. The summed E-state index contributed by atoms with van der Waals surface area (Å²) >= 11 is 0. The third kappa shape index (κ3) is 7.28. The van der Waals surface area contributed by atoms with E-state index < -0.39 is 11.0 Å². The molecule has 11 heteroatoms. The number of Topliss-reactive ketones (excluding diaryl/α,β-unsaturated/α-hetero) is 1. The van der Waals surface area contributed by atoms with E-state index in [-0.39, 0.29) is 29.5 Å². The van der Waals surface area contributed by atoms with Crippen LogP contribution in [0, 0.1) is 10.1 Å². The van der Waals surface area contributed by atoms with Gasteiger partial charge in [-0.3, -0.25) is 19.7 Å². The average Bonchev–Trinajstić information content (AvgIpc) is 2.87. The van der Waals surface area contributed by atoms with Crippen molar-refractivity contribution in [3.63, 3.8) is 0 Å². The molecule has 11 nitrogen and oxygen atoms in total. The van der Waals surface area contributed by atoms with E-state index in [2.05, 4.69) is 16.0 Å². The van der Waals surface area contributed by atoms with Gasteiger partial charge in [0, 0.05) is 41.6 Å². The number of nitrogens with one attached hydrogen (secondary N) is 3. The van der Waals surface area contributed by atoms with Crippen LogP contribution >= 0.6 is 0 Å². The number of carbonyl (C=O) groups is 3. The van der Waals surface area contributed by atoms with Crippen LogP contribution in [0.15, 0.2) is 60.7 Å². The Morgan fingerprint density at radius 2 is 1.51 bits per heavy atom. The van der Waals surface area contributed by atoms with Gasteiger partial charge in [-0.2, -0.15) is 0 Å². The first-order chi connectivity index (χ1) is 17.7. The van der Waals surface area contributed by atoms with Crippen LogP contribution in [0.5, 0.6) is 11.5 Å². The number of carbonyl (C=O) groups excluding carboxylic acids is 3. The van der Waals surface area contributed by atoms with Crippen LogP contribution in [-0.4, -0.2) is 36.9 Å². The maximum Gasteiger partial charge on any atom is 0.323 e. The van der Waals surface area contributed by atoms with Gasteiger partial charge in [-0.15, -0.1) is 0 Å². The second-order valence-corrected chi connectivity index (χ2v) is 7.94. The Balaban J connectivity index is 1.56. The van der Waals surface area contributed by atoms with Crippen LogP contribution in [0.1, 0.15) is 29.3 Å². The van der Waals surface area contributed by atoms with Crippen molar-refractivity contribution >= 4 is 40.5 Å². The van der Waals surface area contributed by atoms with Gasteiger partial charge in [-0.1, -0.05) is 18.2 Å². The average molecular weight is 507 g/mol. The van der Waals surface area contributed by atoms with E-state index in [1.165, 1.54) is 45.4 Å². The number of nitrogens with zero attached hydrogens (tertiary/aromatic N) is 1. The van der Waals surface area contributed by atoms with Crippen LogP contribution < -0.4 is 25.4 Å². The second kappa shape index (κ2) is 12.2. The van der Waals surface area contributed by atoms with E-state index >= 15 is 0 Å². The number of methoxy groups -OCH3 is 2.